The molecule has 0 saturated heterocycles. The van der Waals surface area contributed by atoms with Crippen LogP contribution in [0.3, 0.4) is 0 Å². The number of carbonyl (C=O) groups excluding carboxylic acids is 2. The Morgan fingerprint density at radius 2 is 1.67 bits per heavy atom. The molecule has 0 saturated carbocycles. The van der Waals surface area contributed by atoms with Crippen LogP contribution in [0.25, 0.3) is 10.2 Å². The molecule has 1 unspecified atom stereocenters. The van der Waals surface area contributed by atoms with Crippen molar-refractivity contribution in [2.24, 2.45) is 5.92 Å². The van der Waals surface area contributed by atoms with Gasteiger partial charge in [-0.1, -0.05) is 50.2 Å². The first-order valence-electron chi connectivity index (χ1n) is 10.7. The van der Waals surface area contributed by atoms with Crippen LogP contribution >= 0.6 is 23.1 Å². The number of anilines is 2. The number of hydrogen-bond acceptors (Lipinski definition) is 5. The number of thioether (sulfide) groups is 1. The first-order chi connectivity index (χ1) is 15.9. The van der Waals surface area contributed by atoms with E-state index in [0.717, 1.165) is 31.4 Å². The van der Waals surface area contributed by atoms with E-state index in [-0.39, 0.29) is 17.7 Å². The predicted molar refractivity (Wildman–Crippen MR) is 138 cm³/mol. The number of thiazole rings is 1. The first-order valence-corrected chi connectivity index (χ1v) is 12.4. The summed E-state index contributed by atoms with van der Waals surface area (Å²) >= 11 is 2.90. The van der Waals surface area contributed by atoms with Crippen LogP contribution in [0.1, 0.15) is 29.7 Å². The topological polar surface area (TPSA) is 71.1 Å². The molecule has 4 rings (SSSR count). The number of aromatic nitrogens is 1. The van der Waals surface area contributed by atoms with Crippen molar-refractivity contribution < 1.29 is 9.59 Å². The zero-order chi connectivity index (χ0) is 23.4. The van der Waals surface area contributed by atoms with Crippen LogP contribution in [0.5, 0.6) is 0 Å². The highest BCUT2D eigenvalue weighted by Crippen LogP contribution is 2.42. The molecular weight excluding hydrogens is 450 g/mol. The van der Waals surface area contributed by atoms with Crippen LogP contribution in [0.4, 0.5) is 11.4 Å². The predicted octanol–water partition coefficient (Wildman–Crippen LogP) is 6.67. The maximum absolute atomic E-state index is 13.5. The van der Waals surface area contributed by atoms with E-state index in [1.165, 1.54) is 23.1 Å². The molecule has 5 nitrogen and oxygen atoms in total. The van der Waals surface area contributed by atoms with Crippen LogP contribution in [0, 0.1) is 12.8 Å². The van der Waals surface area contributed by atoms with Crippen LogP contribution in [0.15, 0.2) is 77.7 Å². The van der Waals surface area contributed by atoms with Gasteiger partial charge in [-0.15, -0.1) is 23.1 Å². The number of nitrogens with one attached hydrogen (secondary N) is 2. The zero-order valence-electron chi connectivity index (χ0n) is 18.7. The highest BCUT2D eigenvalue weighted by Gasteiger charge is 2.27. The minimum absolute atomic E-state index is 0.0659. The molecule has 2 N–H and O–H groups in total. The van der Waals surface area contributed by atoms with Crippen LogP contribution < -0.4 is 10.6 Å². The lowest BCUT2D eigenvalue weighted by molar-refractivity contribution is -0.119. The molecule has 7 heteroatoms. The molecule has 2 amide bonds. The summed E-state index contributed by atoms with van der Waals surface area (Å²) in [5.74, 6) is -0.369. The molecule has 0 aliphatic carbocycles. The molecule has 0 fully saturated rings. The minimum atomic E-state index is -0.583. The second kappa shape index (κ2) is 10.2. The summed E-state index contributed by atoms with van der Waals surface area (Å²) in [7, 11) is 0. The van der Waals surface area contributed by atoms with Gasteiger partial charge in [0.25, 0.3) is 0 Å². The number of fused-ring (bicyclic) bond motifs is 1. The zero-order valence-corrected chi connectivity index (χ0v) is 20.3. The third kappa shape index (κ3) is 5.61. The maximum Gasteiger partial charge on any atom is 0.244 e. The van der Waals surface area contributed by atoms with Crippen molar-refractivity contribution in [1.29, 1.82) is 0 Å². The molecule has 0 radical (unpaired) electrons. The van der Waals surface area contributed by atoms with Crippen molar-refractivity contribution in [2.45, 2.75) is 30.9 Å². The molecule has 0 bridgehead atoms. The van der Waals surface area contributed by atoms with Crippen molar-refractivity contribution in [3.8, 4) is 0 Å². The second-order valence-corrected chi connectivity index (χ2v) is 10.2. The van der Waals surface area contributed by atoms with E-state index < -0.39 is 5.25 Å². The fraction of sp³-hybridized carbons (Fsp3) is 0.192. The Kier molecular flexibility index (Phi) is 7.11. The SMILES string of the molecule is Cc1cccc(NC(=O)C(Sc2ccccc2NC(=O)C(C)C)c2nc3ccccc3s2)c1. The van der Waals surface area contributed by atoms with Gasteiger partial charge in [0.05, 0.1) is 15.9 Å². The van der Waals surface area contributed by atoms with Crippen LogP contribution in [-0.2, 0) is 9.59 Å². The minimum Gasteiger partial charge on any atom is -0.325 e. The molecule has 3 aromatic carbocycles. The van der Waals surface area contributed by atoms with Gasteiger partial charge in [0, 0.05) is 16.5 Å². The number of benzene rings is 3. The molecule has 1 atom stereocenters. The molecule has 0 aliphatic rings. The quantitative estimate of drug-likeness (QED) is 0.293. The van der Waals surface area contributed by atoms with Gasteiger partial charge in [-0.05, 0) is 48.9 Å². The molecular formula is C26H25N3O2S2. The normalized spacial score (nSPS) is 12.0. The highest BCUT2D eigenvalue weighted by molar-refractivity contribution is 8.00. The fourth-order valence-corrected chi connectivity index (χ4v) is 5.44. The molecule has 4 aromatic rings. The summed E-state index contributed by atoms with van der Waals surface area (Å²) < 4.78 is 1.03. The number of nitrogens with zero attached hydrogens (tertiary/aromatic N) is 1. The van der Waals surface area contributed by atoms with Crippen molar-refractivity contribution in [1.82, 2.24) is 4.98 Å². The summed E-state index contributed by atoms with van der Waals surface area (Å²) in [6.45, 7) is 5.69. The molecule has 0 aliphatic heterocycles. The van der Waals surface area contributed by atoms with E-state index in [4.69, 9.17) is 4.98 Å². The van der Waals surface area contributed by atoms with Gasteiger partial charge >= 0.3 is 0 Å². The van der Waals surface area contributed by atoms with Crippen molar-refractivity contribution >= 4 is 56.5 Å². The molecule has 1 aromatic heterocycles. The number of amides is 2. The van der Waals surface area contributed by atoms with Crippen LogP contribution in [0.2, 0.25) is 0 Å². The van der Waals surface area contributed by atoms with Crippen LogP contribution in [-0.4, -0.2) is 16.8 Å². The third-order valence-electron chi connectivity index (χ3n) is 4.97. The largest absolute Gasteiger partial charge is 0.325 e. The Morgan fingerprint density at radius 3 is 2.42 bits per heavy atom. The Balaban J connectivity index is 1.69. The van der Waals surface area contributed by atoms with E-state index >= 15 is 0 Å². The van der Waals surface area contributed by atoms with E-state index in [9.17, 15) is 9.59 Å². The van der Waals surface area contributed by atoms with E-state index in [1.54, 1.807) is 0 Å². The van der Waals surface area contributed by atoms with E-state index in [2.05, 4.69) is 10.6 Å². The number of carbonyl (C=O) groups is 2. The second-order valence-electron chi connectivity index (χ2n) is 8.02. The molecule has 0 spiro atoms. The van der Waals surface area contributed by atoms with E-state index in [1.807, 2.05) is 93.6 Å². The average Bonchev–Trinajstić information content (AvgIpc) is 3.22. The summed E-state index contributed by atoms with van der Waals surface area (Å²) in [6, 6.07) is 23.1. The Morgan fingerprint density at radius 1 is 0.909 bits per heavy atom. The third-order valence-corrected chi connectivity index (χ3v) is 7.51. The fourth-order valence-electron chi connectivity index (χ4n) is 3.23. The van der Waals surface area contributed by atoms with E-state index in [0.29, 0.717) is 5.69 Å². The van der Waals surface area contributed by atoms with Gasteiger partial charge in [-0.3, -0.25) is 9.59 Å². The summed E-state index contributed by atoms with van der Waals surface area (Å²) in [5, 5.41) is 6.16. The standard InChI is InChI=1S/C26H25N3O2S2/c1-16(2)24(30)28-19-11-4-6-13-21(19)32-23(25(31)27-18-10-8-9-17(3)15-18)26-29-20-12-5-7-14-22(20)33-26/h4-16,23H,1-3H3,(H,27,31)(H,28,30). The van der Waals surface area contributed by atoms with Crippen molar-refractivity contribution in [2.75, 3.05) is 10.6 Å². The monoisotopic (exact) mass is 475 g/mol. The molecule has 168 valence electrons. The first kappa shape index (κ1) is 23.0. The molecule has 1 heterocycles. The van der Waals surface area contributed by atoms with Gasteiger partial charge in [-0.2, -0.15) is 0 Å². The Hall–Kier alpha value is -3.16. The number of rotatable bonds is 7. The number of hydrogen-bond donors (Lipinski definition) is 2. The van der Waals surface area contributed by atoms with Gasteiger partial charge in [-0.25, -0.2) is 4.98 Å². The van der Waals surface area contributed by atoms with Gasteiger partial charge in [0.2, 0.25) is 11.8 Å². The Bertz CT molecular complexity index is 1270. The smallest absolute Gasteiger partial charge is 0.244 e. The summed E-state index contributed by atoms with van der Waals surface area (Å²) in [6.07, 6.45) is 0. The number of aryl methyl sites for hydroxylation is 1. The maximum atomic E-state index is 13.5. The lowest BCUT2D eigenvalue weighted by Crippen LogP contribution is -2.20. The summed E-state index contributed by atoms with van der Waals surface area (Å²) in [4.78, 5) is 31.4. The highest BCUT2D eigenvalue weighted by atomic mass is 32.2. The van der Waals surface area contributed by atoms with Crippen molar-refractivity contribution in [3.05, 3.63) is 83.4 Å². The lowest BCUT2D eigenvalue weighted by atomic mass is 10.2. The number of para-hydroxylation sites is 2. The van der Waals surface area contributed by atoms with Gasteiger partial charge < -0.3 is 10.6 Å². The summed E-state index contributed by atoms with van der Waals surface area (Å²) in [5.41, 5.74) is 3.37. The Labute approximate surface area is 201 Å². The van der Waals surface area contributed by atoms with Gasteiger partial charge in [0.15, 0.2) is 0 Å². The average molecular weight is 476 g/mol. The van der Waals surface area contributed by atoms with Gasteiger partial charge in [0.1, 0.15) is 10.3 Å². The molecule has 33 heavy (non-hydrogen) atoms. The van der Waals surface area contributed by atoms with Crippen molar-refractivity contribution in [3.63, 3.8) is 0 Å². The lowest BCUT2D eigenvalue weighted by Gasteiger charge is -2.17.